The van der Waals surface area contributed by atoms with E-state index in [9.17, 15) is 0 Å². The zero-order valence-electron chi connectivity index (χ0n) is 11.1. The molecule has 0 spiro atoms. The van der Waals surface area contributed by atoms with Crippen molar-refractivity contribution in [2.75, 3.05) is 7.11 Å². The Morgan fingerprint density at radius 3 is 2.50 bits per heavy atom. The molecule has 0 saturated carbocycles. The molecule has 2 rings (SSSR count). The van der Waals surface area contributed by atoms with Crippen molar-refractivity contribution in [1.82, 2.24) is 0 Å². The monoisotopic (exact) mass is 373 g/mol. The molecular weight excluding hydrogens is 361 g/mol. The van der Waals surface area contributed by atoms with Gasteiger partial charge in [-0.15, -0.1) is 0 Å². The number of aryl methyl sites for hydroxylation is 1. The number of ether oxygens (including phenoxy) is 1. The molecule has 0 saturated heterocycles. The minimum atomic E-state index is -0.363. The smallest absolute Gasteiger partial charge is 0.138 e. The predicted molar refractivity (Wildman–Crippen MR) is 87.9 cm³/mol. The average Bonchev–Trinajstić information content (AvgIpc) is 2.40. The van der Waals surface area contributed by atoms with Gasteiger partial charge in [-0.2, -0.15) is 0 Å². The van der Waals surface area contributed by atoms with E-state index in [0.29, 0.717) is 15.8 Å². The largest absolute Gasteiger partial charge is 0.495 e. The van der Waals surface area contributed by atoms with Gasteiger partial charge in [0.15, 0.2) is 0 Å². The first kappa shape index (κ1) is 15.6. The maximum atomic E-state index is 6.33. The third-order valence-corrected chi connectivity index (χ3v) is 4.35. The molecule has 5 heteroatoms. The van der Waals surface area contributed by atoms with Crippen LogP contribution in [0.2, 0.25) is 10.0 Å². The topological polar surface area (TPSA) is 35.2 Å². The zero-order valence-corrected chi connectivity index (χ0v) is 14.2. The van der Waals surface area contributed by atoms with Crippen molar-refractivity contribution in [2.45, 2.75) is 13.0 Å². The normalized spacial score (nSPS) is 12.3. The van der Waals surface area contributed by atoms with Crippen LogP contribution in [0.15, 0.2) is 34.8 Å². The number of rotatable bonds is 3. The Kier molecular flexibility index (Phi) is 4.97. The lowest BCUT2D eigenvalue weighted by Crippen LogP contribution is -2.13. The molecule has 1 atom stereocenters. The molecule has 1 unspecified atom stereocenters. The van der Waals surface area contributed by atoms with E-state index in [0.717, 1.165) is 21.2 Å². The van der Waals surface area contributed by atoms with E-state index in [2.05, 4.69) is 15.9 Å². The van der Waals surface area contributed by atoms with E-state index in [1.165, 1.54) is 0 Å². The first-order valence-corrected chi connectivity index (χ1v) is 7.53. The van der Waals surface area contributed by atoms with Gasteiger partial charge in [0.2, 0.25) is 0 Å². The van der Waals surface area contributed by atoms with Crippen LogP contribution in [0.25, 0.3) is 0 Å². The summed E-state index contributed by atoms with van der Waals surface area (Å²) in [6.07, 6.45) is 0. The Morgan fingerprint density at radius 1 is 1.20 bits per heavy atom. The molecule has 2 aromatic carbocycles. The van der Waals surface area contributed by atoms with Crippen LogP contribution in [0.3, 0.4) is 0 Å². The quantitative estimate of drug-likeness (QED) is 0.808. The second kappa shape index (κ2) is 6.35. The van der Waals surface area contributed by atoms with Gasteiger partial charge in [0, 0.05) is 15.6 Å². The molecule has 2 aromatic rings. The van der Waals surface area contributed by atoms with Gasteiger partial charge in [-0.25, -0.2) is 0 Å². The molecule has 2 nitrogen and oxygen atoms in total. The van der Waals surface area contributed by atoms with Gasteiger partial charge < -0.3 is 10.5 Å². The Morgan fingerprint density at radius 2 is 1.90 bits per heavy atom. The van der Waals surface area contributed by atoms with E-state index < -0.39 is 0 Å². The van der Waals surface area contributed by atoms with Crippen LogP contribution in [0.4, 0.5) is 0 Å². The van der Waals surface area contributed by atoms with Crippen LogP contribution in [0, 0.1) is 6.92 Å². The third-order valence-electron chi connectivity index (χ3n) is 3.13. The highest BCUT2D eigenvalue weighted by molar-refractivity contribution is 9.10. The summed E-state index contributed by atoms with van der Waals surface area (Å²) in [6.45, 7) is 1.95. The summed E-state index contributed by atoms with van der Waals surface area (Å²) in [7, 11) is 1.60. The number of nitrogens with two attached hydrogens (primary N) is 1. The average molecular weight is 375 g/mol. The van der Waals surface area contributed by atoms with Gasteiger partial charge in [0.1, 0.15) is 5.75 Å². The van der Waals surface area contributed by atoms with Gasteiger partial charge in [-0.3, -0.25) is 0 Å². The van der Waals surface area contributed by atoms with Crippen LogP contribution < -0.4 is 10.5 Å². The highest BCUT2D eigenvalue weighted by Gasteiger charge is 2.18. The van der Waals surface area contributed by atoms with E-state index in [1.54, 1.807) is 13.2 Å². The molecule has 0 aliphatic carbocycles. The van der Waals surface area contributed by atoms with E-state index in [4.69, 9.17) is 33.7 Å². The molecule has 0 aromatic heterocycles. The molecule has 106 valence electrons. The minimum absolute atomic E-state index is 0.363. The summed E-state index contributed by atoms with van der Waals surface area (Å²) in [4.78, 5) is 0. The number of hydrogen-bond acceptors (Lipinski definition) is 2. The van der Waals surface area contributed by atoms with Crippen molar-refractivity contribution in [3.05, 3.63) is 61.5 Å². The molecule has 20 heavy (non-hydrogen) atoms. The van der Waals surface area contributed by atoms with Crippen LogP contribution >= 0.6 is 39.1 Å². The summed E-state index contributed by atoms with van der Waals surface area (Å²) in [5, 5.41) is 1.29. The SMILES string of the molecule is COc1c(Br)cc(Cl)cc1C(N)c1ccc(C)c(Cl)c1. The van der Waals surface area contributed by atoms with Crippen LogP contribution in [0.1, 0.15) is 22.7 Å². The van der Waals surface area contributed by atoms with Crippen molar-refractivity contribution in [3.63, 3.8) is 0 Å². The molecule has 0 bridgehead atoms. The fourth-order valence-corrected chi connectivity index (χ4v) is 3.19. The number of hydrogen-bond donors (Lipinski definition) is 1. The summed E-state index contributed by atoms with van der Waals surface area (Å²) in [5.41, 5.74) is 9.07. The van der Waals surface area contributed by atoms with Gasteiger partial charge in [-0.1, -0.05) is 35.3 Å². The maximum absolute atomic E-state index is 6.33. The molecule has 0 amide bonds. The van der Waals surface area contributed by atoms with Gasteiger partial charge in [-0.05, 0) is 52.2 Å². The van der Waals surface area contributed by atoms with E-state index >= 15 is 0 Å². The predicted octanol–water partition coefficient (Wildman–Crippen LogP) is 5.12. The second-order valence-electron chi connectivity index (χ2n) is 4.50. The Labute approximate surface area is 137 Å². The highest BCUT2D eigenvalue weighted by atomic mass is 79.9. The summed E-state index contributed by atoms with van der Waals surface area (Å²) >= 11 is 15.7. The van der Waals surface area contributed by atoms with Gasteiger partial charge in [0.05, 0.1) is 17.6 Å². The third kappa shape index (κ3) is 3.12. The van der Waals surface area contributed by atoms with E-state index in [-0.39, 0.29) is 6.04 Å². The highest BCUT2D eigenvalue weighted by Crippen LogP contribution is 2.37. The number of benzene rings is 2. The van der Waals surface area contributed by atoms with Gasteiger partial charge in [0.25, 0.3) is 0 Å². The van der Waals surface area contributed by atoms with Crippen molar-refractivity contribution < 1.29 is 4.74 Å². The summed E-state index contributed by atoms with van der Waals surface area (Å²) in [6, 6.07) is 9.00. The molecule has 0 aliphatic rings. The minimum Gasteiger partial charge on any atom is -0.495 e. The lowest BCUT2D eigenvalue weighted by Gasteiger charge is -2.18. The van der Waals surface area contributed by atoms with Crippen molar-refractivity contribution >= 4 is 39.1 Å². The standard InChI is InChI=1S/C15H14BrCl2NO/c1-8-3-4-9(5-13(8)18)14(19)11-6-10(17)7-12(16)15(11)20-2/h3-7,14H,19H2,1-2H3. The second-order valence-corrected chi connectivity index (χ2v) is 6.19. The Hall–Kier alpha value is -0.740. The van der Waals surface area contributed by atoms with Crippen LogP contribution in [0.5, 0.6) is 5.75 Å². The van der Waals surface area contributed by atoms with E-state index in [1.807, 2.05) is 31.2 Å². The van der Waals surface area contributed by atoms with Crippen molar-refractivity contribution in [1.29, 1.82) is 0 Å². The lowest BCUT2D eigenvalue weighted by atomic mass is 9.98. The molecule has 0 aliphatic heterocycles. The van der Waals surface area contributed by atoms with Crippen molar-refractivity contribution in [2.24, 2.45) is 5.73 Å². The molecular formula is C15H14BrCl2NO. The summed E-state index contributed by atoms with van der Waals surface area (Å²) < 4.78 is 6.18. The molecule has 0 radical (unpaired) electrons. The molecule has 0 heterocycles. The Bertz CT molecular complexity index is 646. The lowest BCUT2D eigenvalue weighted by molar-refractivity contribution is 0.405. The molecule has 2 N–H and O–H groups in total. The van der Waals surface area contributed by atoms with Crippen LogP contribution in [-0.2, 0) is 0 Å². The molecule has 0 fully saturated rings. The number of halogens is 3. The van der Waals surface area contributed by atoms with Crippen molar-refractivity contribution in [3.8, 4) is 5.75 Å². The fourth-order valence-electron chi connectivity index (χ4n) is 2.01. The number of methoxy groups -OCH3 is 1. The first-order chi connectivity index (χ1) is 9.43. The fraction of sp³-hybridized carbons (Fsp3) is 0.200. The van der Waals surface area contributed by atoms with Crippen LogP contribution in [-0.4, -0.2) is 7.11 Å². The summed E-state index contributed by atoms with van der Waals surface area (Å²) in [5.74, 6) is 0.679. The maximum Gasteiger partial charge on any atom is 0.138 e. The zero-order chi connectivity index (χ0) is 14.9. The Balaban J connectivity index is 2.52. The first-order valence-electron chi connectivity index (χ1n) is 5.98. The van der Waals surface area contributed by atoms with Gasteiger partial charge >= 0.3 is 0 Å².